The van der Waals surface area contributed by atoms with Crippen molar-refractivity contribution in [2.24, 2.45) is 0 Å². The molecule has 188 valence electrons. The Morgan fingerprint density at radius 2 is 0.848 bits per heavy atom. The van der Waals surface area contributed by atoms with Crippen molar-refractivity contribution in [1.82, 2.24) is 10.6 Å². The van der Waals surface area contributed by atoms with Gasteiger partial charge in [0.2, 0.25) is 0 Å². The fourth-order valence-electron chi connectivity index (χ4n) is 2.40. The van der Waals surface area contributed by atoms with Crippen LogP contribution in [0.1, 0.15) is 58.8 Å². The molecule has 0 bridgehead atoms. The van der Waals surface area contributed by atoms with Crippen molar-refractivity contribution in [3.8, 4) is 0 Å². The Balaban J connectivity index is 3.37. The molecular formula is C23H38N2O8. The smallest absolute Gasteiger partial charge is 0.407 e. The third-order valence-electron chi connectivity index (χ3n) is 4.19. The van der Waals surface area contributed by atoms with Gasteiger partial charge in [-0.3, -0.25) is 0 Å². The summed E-state index contributed by atoms with van der Waals surface area (Å²) in [5.74, 6) is -1.01. The molecule has 0 aromatic rings. The van der Waals surface area contributed by atoms with Crippen LogP contribution >= 0.6 is 0 Å². The summed E-state index contributed by atoms with van der Waals surface area (Å²) in [7, 11) is 0. The van der Waals surface area contributed by atoms with E-state index in [4.69, 9.17) is 18.9 Å². The summed E-state index contributed by atoms with van der Waals surface area (Å²) in [6.45, 7) is 11.1. The van der Waals surface area contributed by atoms with Gasteiger partial charge in [-0.2, -0.15) is 0 Å². The molecule has 0 heterocycles. The summed E-state index contributed by atoms with van der Waals surface area (Å²) in [4.78, 5) is 45.3. The predicted octanol–water partition coefficient (Wildman–Crippen LogP) is 3.41. The first kappa shape index (κ1) is 30.0. The van der Waals surface area contributed by atoms with E-state index < -0.39 is 24.1 Å². The van der Waals surface area contributed by atoms with Crippen LogP contribution in [-0.4, -0.2) is 63.6 Å². The van der Waals surface area contributed by atoms with Crippen LogP contribution in [0.4, 0.5) is 9.59 Å². The molecule has 0 aliphatic rings. The van der Waals surface area contributed by atoms with E-state index in [0.29, 0.717) is 24.2 Å². The third-order valence-corrected chi connectivity index (χ3v) is 4.19. The summed E-state index contributed by atoms with van der Waals surface area (Å²) in [5, 5.41) is 5.30. The third kappa shape index (κ3) is 19.4. The van der Waals surface area contributed by atoms with Gasteiger partial charge < -0.3 is 29.6 Å². The number of ether oxygens (including phenoxy) is 4. The lowest BCUT2D eigenvalue weighted by molar-refractivity contribution is -0.140. The maximum atomic E-state index is 11.5. The second kappa shape index (κ2) is 19.6. The minimum atomic E-state index is -0.528. The Labute approximate surface area is 196 Å². The highest BCUT2D eigenvalue weighted by Crippen LogP contribution is 2.06. The molecule has 33 heavy (non-hydrogen) atoms. The number of amides is 2. The number of hydrogen-bond acceptors (Lipinski definition) is 8. The molecule has 0 aromatic carbocycles. The van der Waals surface area contributed by atoms with Crippen molar-refractivity contribution in [2.75, 3.05) is 39.5 Å². The number of esters is 2. The predicted molar refractivity (Wildman–Crippen MR) is 123 cm³/mol. The molecule has 0 unspecified atom stereocenters. The van der Waals surface area contributed by atoms with Crippen LogP contribution < -0.4 is 10.6 Å². The number of hydrogen-bond donors (Lipinski definition) is 2. The molecule has 0 rings (SSSR count). The van der Waals surface area contributed by atoms with Crippen LogP contribution in [0.3, 0.4) is 0 Å². The Bertz CT molecular complexity index is 594. The average Bonchev–Trinajstić information content (AvgIpc) is 2.77. The first-order valence-corrected chi connectivity index (χ1v) is 11.2. The van der Waals surface area contributed by atoms with Gasteiger partial charge in [-0.05, 0) is 26.7 Å². The van der Waals surface area contributed by atoms with Crippen molar-refractivity contribution in [3.05, 3.63) is 24.3 Å². The average molecular weight is 471 g/mol. The summed E-state index contributed by atoms with van der Waals surface area (Å²) in [6, 6.07) is 0. The standard InChI is InChI=1S/C23H38N2O8/c1-18(2)20(26)30-14-16-32-22(28)24-12-10-8-6-5-7-9-11-13-25-23(29)33-17-15-31-21(27)19(3)4/h1,3,5-17H2,2,4H3,(H,24,28)(H,25,29). The molecule has 10 heteroatoms. The SMILES string of the molecule is C=C(C)C(=O)OCCOC(=O)NCCCCCCCCCNC(=O)OCCOC(=O)C(=C)C. The van der Waals surface area contributed by atoms with Gasteiger partial charge in [-0.15, -0.1) is 0 Å². The molecule has 0 radical (unpaired) electrons. The lowest BCUT2D eigenvalue weighted by Gasteiger charge is -2.08. The van der Waals surface area contributed by atoms with E-state index in [2.05, 4.69) is 23.8 Å². The van der Waals surface area contributed by atoms with Gasteiger partial charge in [0.1, 0.15) is 26.4 Å². The van der Waals surface area contributed by atoms with E-state index in [1.807, 2.05) is 0 Å². The van der Waals surface area contributed by atoms with E-state index in [9.17, 15) is 19.2 Å². The topological polar surface area (TPSA) is 129 Å². The van der Waals surface area contributed by atoms with Crippen LogP contribution in [0.5, 0.6) is 0 Å². The lowest BCUT2D eigenvalue weighted by atomic mass is 10.1. The Hall–Kier alpha value is -3.04. The van der Waals surface area contributed by atoms with Gasteiger partial charge in [0.05, 0.1) is 0 Å². The quantitative estimate of drug-likeness (QED) is 0.135. The zero-order valence-corrected chi connectivity index (χ0v) is 19.9. The highest BCUT2D eigenvalue weighted by molar-refractivity contribution is 5.87. The second-order valence-corrected chi connectivity index (χ2v) is 7.43. The van der Waals surface area contributed by atoms with Crippen molar-refractivity contribution in [3.63, 3.8) is 0 Å². The van der Waals surface area contributed by atoms with Gasteiger partial charge in [0, 0.05) is 24.2 Å². The minimum Gasteiger partial charge on any atom is -0.459 e. The van der Waals surface area contributed by atoms with Crippen molar-refractivity contribution >= 4 is 24.1 Å². The number of alkyl carbamates (subject to hydrolysis) is 2. The number of carbonyl (C=O) groups is 4. The molecule has 0 saturated carbocycles. The van der Waals surface area contributed by atoms with E-state index >= 15 is 0 Å². The molecule has 0 spiro atoms. The number of carbonyl (C=O) groups excluding carboxylic acids is 4. The molecule has 0 fully saturated rings. The highest BCUT2D eigenvalue weighted by atomic mass is 16.6. The maximum Gasteiger partial charge on any atom is 0.407 e. The van der Waals surface area contributed by atoms with Gasteiger partial charge in [-0.25, -0.2) is 19.2 Å². The van der Waals surface area contributed by atoms with Crippen LogP contribution in [-0.2, 0) is 28.5 Å². The molecule has 0 aliphatic heterocycles. The summed E-state index contributed by atoms with van der Waals surface area (Å²) < 4.78 is 19.4. The van der Waals surface area contributed by atoms with Crippen molar-refractivity contribution < 1.29 is 38.1 Å². The molecule has 0 aromatic heterocycles. The van der Waals surface area contributed by atoms with Crippen LogP contribution in [0.25, 0.3) is 0 Å². The highest BCUT2D eigenvalue weighted by Gasteiger charge is 2.06. The lowest BCUT2D eigenvalue weighted by Crippen LogP contribution is -2.27. The first-order valence-electron chi connectivity index (χ1n) is 11.2. The van der Waals surface area contributed by atoms with Crippen LogP contribution in [0.15, 0.2) is 24.3 Å². The molecule has 0 atom stereocenters. The summed E-state index contributed by atoms with van der Waals surface area (Å²) >= 11 is 0. The van der Waals surface area contributed by atoms with E-state index in [-0.39, 0.29) is 26.4 Å². The van der Waals surface area contributed by atoms with E-state index in [1.54, 1.807) is 13.8 Å². The van der Waals surface area contributed by atoms with E-state index in [0.717, 1.165) is 44.9 Å². The Morgan fingerprint density at radius 3 is 1.18 bits per heavy atom. The van der Waals surface area contributed by atoms with E-state index in [1.165, 1.54) is 0 Å². The summed E-state index contributed by atoms with van der Waals surface area (Å²) in [6.07, 6.45) is 5.85. The molecule has 0 aliphatic carbocycles. The first-order chi connectivity index (χ1) is 15.7. The minimum absolute atomic E-state index is 0.00229. The van der Waals surface area contributed by atoms with Crippen LogP contribution in [0, 0.1) is 0 Å². The van der Waals surface area contributed by atoms with Crippen LogP contribution in [0.2, 0.25) is 0 Å². The van der Waals surface area contributed by atoms with Gasteiger partial charge in [0.25, 0.3) is 0 Å². The molecule has 2 amide bonds. The van der Waals surface area contributed by atoms with Gasteiger partial charge in [-0.1, -0.05) is 45.3 Å². The summed E-state index contributed by atoms with van der Waals surface area (Å²) in [5.41, 5.74) is 0.599. The monoisotopic (exact) mass is 470 g/mol. The molecular weight excluding hydrogens is 432 g/mol. The maximum absolute atomic E-state index is 11.5. The van der Waals surface area contributed by atoms with Gasteiger partial charge >= 0.3 is 24.1 Å². The molecule has 2 N–H and O–H groups in total. The Morgan fingerprint density at radius 1 is 0.545 bits per heavy atom. The molecule has 0 saturated heterocycles. The zero-order valence-electron chi connectivity index (χ0n) is 19.9. The zero-order chi connectivity index (χ0) is 24.9. The normalized spacial score (nSPS) is 10.0. The van der Waals surface area contributed by atoms with Crippen molar-refractivity contribution in [1.29, 1.82) is 0 Å². The largest absolute Gasteiger partial charge is 0.459 e. The fourth-order valence-corrected chi connectivity index (χ4v) is 2.40. The van der Waals surface area contributed by atoms with Gasteiger partial charge in [0.15, 0.2) is 0 Å². The molecule has 10 nitrogen and oxygen atoms in total. The fraction of sp³-hybridized carbons (Fsp3) is 0.652. The number of unbranched alkanes of at least 4 members (excludes halogenated alkanes) is 6. The van der Waals surface area contributed by atoms with Crippen molar-refractivity contribution in [2.45, 2.75) is 58.8 Å². The Kier molecular flexibility index (Phi) is 17.8. The number of nitrogens with one attached hydrogen (secondary N) is 2. The number of rotatable bonds is 18. The second-order valence-electron chi connectivity index (χ2n) is 7.43.